The van der Waals surface area contributed by atoms with Crippen LogP contribution in [-0.2, 0) is 4.79 Å². The smallest absolute Gasteiger partial charge is 0.220 e. The van der Waals surface area contributed by atoms with Gasteiger partial charge in [0, 0.05) is 6.42 Å². The Morgan fingerprint density at radius 1 is 0.411 bits per heavy atom. The predicted octanol–water partition coefficient (Wildman–Crippen LogP) is 16.6. The molecule has 0 aliphatic heterocycles. The van der Waals surface area contributed by atoms with Gasteiger partial charge in [0.1, 0.15) is 0 Å². The van der Waals surface area contributed by atoms with Gasteiger partial charge >= 0.3 is 0 Å². The van der Waals surface area contributed by atoms with E-state index in [-0.39, 0.29) is 12.5 Å². The molecule has 0 fully saturated rings. The summed E-state index contributed by atoms with van der Waals surface area (Å²) in [5, 5.41) is 23.1. The summed E-state index contributed by atoms with van der Waals surface area (Å²) in [6.07, 6.45) is 62.1. The van der Waals surface area contributed by atoms with Crippen LogP contribution in [0.5, 0.6) is 0 Å². The van der Waals surface area contributed by atoms with Crippen molar-refractivity contribution >= 4 is 5.91 Å². The van der Waals surface area contributed by atoms with Gasteiger partial charge in [0.15, 0.2) is 0 Å². The van der Waals surface area contributed by atoms with E-state index in [1.54, 1.807) is 6.08 Å². The Balaban J connectivity index is 3.47. The first-order valence-electron chi connectivity index (χ1n) is 25.9. The maximum Gasteiger partial charge on any atom is 0.220 e. The van der Waals surface area contributed by atoms with Crippen molar-refractivity contribution in [3.05, 3.63) is 12.2 Å². The maximum absolute atomic E-state index is 12.4. The molecule has 0 aromatic rings. The summed E-state index contributed by atoms with van der Waals surface area (Å²) in [5.41, 5.74) is 0. The Bertz CT molecular complexity index is 769. The summed E-state index contributed by atoms with van der Waals surface area (Å²) in [4.78, 5) is 12.4. The Kier molecular flexibility index (Phi) is 47.7. The predicted molar refractivity (Wildman–Crippen MR) is 249 cm³/mol. The monoisotopic (exact) mass is 790 g/mol. The second kappa shape index (κ2) is 48.5. The van der Waals surface area contributed by atoms with Crippen molar-refractivity contribution < 1.29 is 15.0 Å². The van der Waals surface area contributed by atoms with Crippen molar-refractivity contribution in [3.63, 3.8) is 0 Å². The molecule has 1 amide bonds. The third-order valence-corrected chi connectivity index (χ3v) is 12.3. The van der Waals surface area contributed by atoms with Crippen molar-refractivity contribution in [3.8, 4) is 0 Å². The highest BCUT2D eigenvalue weighted by molar-refractivity contribution is 5.76. The lowest BCUT2D eigenvalue weighted by Crippen LogP contribution is -2.45. The van der Waals surface area contributed by atoms with Crippen LogP contribution in [0.1, 0.15) is 296 Å². The zero-order chi connectivity index (χ0) is 40.7. The fourth-order valence-electron chi connectivity index (χ4n) is 8.30. The first-order valence-corrected chi connectivity index (χ1v) is 25.9. The van der Waals surface area contributed by atoms with E-state index in [1.807, 2.05) is 6.08 Å². The van der Waals surface area contributed by atoms with Gasteiger partial charge < -0.3 is 15.5 Å². The van der Waals surface area contributed by atoms with Crippen LogP contribution in [0.25, 0.3) is 0 Å². The van der Waals surface area contributed by atoms with Crippen LogP contribution in [0.15, 0.2) is 12.2 Å². The van der Waals surface area contributed by atoms with Crippen molar-refractivity contribution in [1.29, 1.82) is 0 Å². The van der Waals surface area contributed by atoms with Gasteiger partial charge in [-0.2, -0.15) is 0 Å². The molecule has 0 saturated heterocycles. The molecule has 0 aromatic carbocycles. The van der Waals surface area contributed by atoms with E-state index < -0.39 is 12.1 Å². The topological polar surface area (TPSA) is 69.6 Å². The van der Waals surface area contributed by atoms with E-state index in [0.29, 0.717) is 6.42 Å². The largest absolute Gasteiger partial charge is 0.394 e. The number of allylic oxidation sites excluding steroid dienone is 1. The summed E-state index contributed by atoms with van der Waals surface area (Å²) >= 11 is 0. The number of rotatable bonds is 48. The van der Waals surface area contributed by atoms with Gasteiger partial charge in [-0.3, -0.25) is 4.79 Å². The maximum atomic E-state index is 12.4. The van der Waals surface area contributed by atoms with E-state index in [0.717, 1.165) is 25.7 Å². The summed E-state index contributed by atoms with van der Waals surface area (Å²) in [5.74, 6) is -0.0567. The van der Waals surface area contributed by atoms with Gasteiger partial charge in [0.05, 0.1) is 18.8 Å². The molecule has 0 aromatic heterocycles. The van der Waals surface area contributed by atoms with Crippen LogP contribution in [0.3, 0.4) is 0 Å². The molecule has 56 heavy (non-hydrogen) atoms. The summed E-state index contributed by atoms with van der Waals surface area (Å²) in [7, 11) is 0. The van der Waals surface area contributed by atoms with Gasteiger partial charge in [-0.1, -0.05) is 283 Å². The van der Waals surface area contributed by atoms with E-state index in [9.17, 15) is 15.0 Å². The van der Waals surface area contributed by atoms with Gasteiger partial charge in [0.25, 0.3) is 0 Å². The van der Waals surface area contributed by atoms with Crippen LogP contribution in [0.4, 0.5) is 0 Å². The minimum absolute atomic E-state index is 0.0567. The molecule has 0 spiro atoms. The van der Waals surface area contributed by atoms with E-state index in [1.165, 1.54) is 250 Å². The highest BCUT2D eigenvalue weighted by atomic mass is 16.3. The number of hydrogen-bond acceptors (Lipinski definition) is 3. The molecule has 0 aliphatic rings. The second-order valence-corrected chi connectivity index (χ2v) is 18.0. The standard InChI is InChI=1S/C52H103NO3/c1-3-5-7-9-11-13-15-17-19-21-23-25-26-28-30-32-34-36-38-40-42-44-46-48-52(56)53-50(49-54)51(55)47-45-43-41-39-37-35-33-31-29-27-24-22-20-18-16-14-12-10-8-6-4-2/h45,47,50-51,54-55H,3-44,46,48-49H2,1-2H3,(H,53,56)/b47-45+. The van der Waals surface area contributed by atoms with Crippen molar-refractivity contribution in [2.45, 2.75) is 309 Å². The molecule has 0 bridgehead atoms. The Morgan fingerprint density at radius 2 is 0.661 bits per heavy atom. The highest BCUT2D eigenvalue weighted by Gasteiger charge is 2.18. The molecule has 334 valence electrons. The number of amides is 1. The lowest BCUT2D eigenvalue weighted by molar-refractivity contribution is -0.123. The second-order valence-electron chi connectivity index (χ2n) is 18.0. The molecule has 0 radical (unpaired) electrons. The Morgan fingerprint density at radius 3 is 0.929 bits per heavy atom. The van der Waals surface area contributed by atoms with Crippen LogP contribution in [0, 0.1) is 0 Å². The van der Waals surface area contributed by atoms with Crippen molar-refractivity contribution in [2.75, 3.05) is 6.61 Å². The number of nitrogens with one attached hydrogen (secondary N) is 1. The molecule has 0 rings (SSSR count). The van der Waals surface area contributed by atoms with E-state index >= 15 is 0 Å². The molecule has 3 N–H and O–H groups in total. The third kappa shape index (κ3) is 44.2. The normalized spacial score (nSPS) is 12.9. The lowest BCUT2D eigenvalue weighted by atomic mass is 10.0. The Labute approximate surface area is 352 Å². The van der Waals surface area contributed by atoms with Crippen molar-refractivity contribution in [2.24, 2.45) is 0 Å². The molecule has 2 unspecified atom stereocenters. The Hall–Kier alpha value is -0.870. The fraction of sp³-hybridized carbons (Fsp3) is 0.942. The minimum Gasteiger partial charge on any atom is -0.394 e. The number of hydrogen-bond donors (Lipinski definition) is 3. The molecule has 0 aliphatic carbocycles. The summed E-state index contributed by atoms with van der Waals surface area (Å²) < 4.78 is 0. The first kappa shape index (κ1) is 55.1. The SMILES string of the molecule is CCCCCCCCCCCCCCCCCCCCC/C=C/C(O)C(CO)NC(=O)CCCCCCCCCCCCCCCCCCCCCCCCC. The van der Waals surface area contributed by atoms with Gasteiger partial charge in [-0.05, 0) is 19.3 Å². The van der Waals surface area contributed by atoms with Crippen LogP contribution >= 0.6 is 0 Å². The molecule has 4 nitrogen and oxygen atoms in total. The number of carbonyl (C=O) groups is 1. The zero-order valence-electron chi connectivity index (χ0n) is 38.4. The number of carbonyl (C=O) groups excluding carboxylic acids is 1. The number of aliphatic hydroxyl groups excluding tert-OH is 2. The molecule has 4 heteroatoms. The summed E-state index contributed by atoms with van der Waals surface area (Å²) in [6.45, 7) is 4.35. The van der Waals surface area contributed by atoms with Gasteiger partial charge in [-0.15, -0.1) is 0 Å². The molecular weight excluding hydrogens is 687 g/mol. The number of aliphatic hydroxyl groups is 2. The van der Waals surface area contributed by atoms with Gasteiger partial charge in [-0.25, -0.2) is 0 Å². The molecular formula is C52H103NO3. The number of unbranched alkanes of at least 4 members (excludes halogenated alkanes) is 41. The molecule has 0 heterocycles. The van der Waals surface area contributed by atoms with Crippen LogP contribution in [-0.4, -0.2) is 34.9 Å². The first-order chi connectivity index (χ1) is 27.7. The van der Waals surface area contributed by atoms with E-state index in [4.69, 9.17) is 0 Å². The molecule has 0 saturated carbocycles. The minimum atomic E-state index is -0.835. The quantitative estimate of drug-likeness (QED) is 0.0425. The zero-order valence-corrected chi connectivity index (χ0v) is 38.4. The lowest BCUT2D eigenvalue weighted by Gasteiger charge is -2.20. The van der Waals surface area contributed by atoms with Crippen molar-refractivity contribution in [1.82, 2.24) is 5.32 Å². The summed E-state index contributed by atoms with van der Waals surface area (Å²) in [6, 6.07) is -0.617. The molecule has 2 atom stereocenters. The average Bonchev–Trinajstić information content (AvgIpc) is 3.20. The third-order valence-electron chi connectivity index (χ3n) is 12.3. The van der Waals surface area contributed by atoms with Crippen LogP contribution in [0.2, 0.25) is 0 Å². The van der Waals surface area contributed by atoms with Crippen LogP contribution < -0.4 is 5.32 Å². The fourth-order valence-corrected chi connectivity index (χ4v) is 8.30. The highest BCUT2D eigenvalue weighted by Crippen LogP contribution is 2.17. The van der Waals surface area contributed by atoms with Gasteiger partial charge in [0.2, 0.25) is 5.91 Å². The van der Waals surface area contributed by atoms with E-state index in [2.05, 4.69) is 19.2 Å². The average molecular weight is 790 g/mol.